The van der Waals surface area contributed by atoms with Gasteiger partial charge in [0.25, 0.3) is 0 Å². The third-order valence-electron chi connectivity index (χ3n) is 2.38. The average molecular weight is 217 g/mol. The van der Waals surface area contributed by atoms with E-state index in [1.807, 2.05) is 0 Å². The van der Waals surface area contributed by atoms with Crippen molar-refractivity contribution in [1.29, 1.82) is 0 Å². The molecule has 0 amide bonds. The molecule has 0 spiro atoms. The molecule has 0 unspecified atom stereocenters. The summed E-state index contributed by atoms with van der Waals surface area (Å²) in [4.78, 5) is 0. The molecule has 0 rings (SSSR count). The van der Waals surface area contributed by atoms with Crippen molar-refractivity contribution >= 4 is 7.92 Å². The minimum Gasteiger partial charge on any atom is -0.311 e. The summed E-state index contributed by atoms with van der Waals surface area (Å²) < 4.78 is 0. The highest BCUT2D eigenvalue weighted by Crippen LogP contribution is 2.36. The van der Waals surface area contributed by atoms with Crippen molar-refractivity contribution in [1.82, 2.24) is 5.32 Å². The summed E-state index contributed by atoms with van der Waals surface area (Å²) in [6.07, 6.45) is 9.80. The fourth-order valence-corrected chi connectivity index (χ4v) is 4.04. The highest BCUT2D eigenvalue weighted by atomic mass is 31.1. The molecule has 1 nitrogen and oxygen atoms in total. The maximum Gasteiger partial charge on any atom is 0.0158 e. The Morgan fingerprint density at radius 3 is 1.86 bits per heavy atom. The van der Waals surface area contributed by atoms with Crippen LogP contribution in [-0.4, -0.2) is 24.7 Å². The maximum absolute atomic E-state index is 3.59. The molecule has 0 aromatic heterocycles. The number of nitrogens with one attached hydrogen (secondary N) is 1. The van der Waals surface area contributed by atoms with Gasteiger partial charge in [-0.25, -0.2) is 0 Å². The normalized spacial score (nSPS) is 11.6. The summed E-state index contributed by atoms with van der Waals surface area (Å²) in [5, 5.41) is 3.59. The highest BCUT2D eigenvalue weighted by Gasteiger charge is 2.06. The van der Waals surface area contributed by atoms with Gasteiger partial charge < -0.3 is 5.32 Å². The van der Waals surface area contributed by atoms with Gasteiger partial charge in [0.2, 0.25) is 0 Å². The van der Waals surface area contributed by atoms with Gasteiger partial charge >= 0.3 is 0 Å². The van der Waals surface area contributed by atoms with E-state index in [9.17, 15) is 0 Å². The second-order valence-corrected chi connectivity index (χ2v) is 6.89. The van der Waals surface area contributed by atoms with Crippen LogP contribution in [0.1, 0.15) is 53.4 Å². The van der Waals surface area contributed by atoms with Gasteiger partial charge in [0, 0.05) is 12.3 Å². The SMILES string of the molecule is CCCCP(CCCC)CNC(C)C. The predicted octanol–water partition coefficient (Wildman–Crippen LogP) is 4.02. The van der Waals surface area contributed by atoms with Gasteiger partial charge in [0.1, 0.15) is 0 Å². The molecule has 86 valence electrons. The first-order valence-corrected chi connectivity index (χ1v) is 8.06. The van der Waals surface area contributed by atoms with E-state index in [4.69, 9.17) is 0 Å². The van der Waals surface area contributed by atoms with Gasteiger partial charge in [-0.05, 0) is 25.2 Å². The first-order valence-electron chi connectivity index (χ1n) is 6.16. The summed E-state index contributed by atoms with van der Waals surface area (Å²) in [6, 6.07) is 0.656. The fourth-order valence-electron chi connectivity index (χ4n) is 1.35. The van der Waals surface area contributed by atoms with Crippen molar-refractivity contribution < 1.29 is 0 Å². The molecule has 0 atom stereocenters. The summed E-state index contributed by atoms with van der Waals surface area (Å²) >= 11 is 0. The van der Waals surface area contributed by atoms with Crippen molar-refractivity contribution in [3.8, 4) is 0 Å². The van der Waals surface area contributed by atoms with Crippen LogP contribution in [0, 0.1) is 0 Å². The Bertz CT molecular complexity index is 107. The third-order valence-corrected chi connectivity index (χ3v) is 4.91. The van der Waals surface area contributed by atoms with Crippen LogP contribution in [0.2, 0.25) is 0 Å². The highest BCUT2D eigenvalue weighted by molar-refractivity contribution is 7.57. The van der Waals surface area contributed by atoms with Gasteiger partial charge in [-0.2, -0.15) is 0 Å². The zero-order valence-corrected chi connectivity index (χ0v) is 11.4. The maximum atomic E-state index is 3.59. The van der Waals surface area contributed by atoms with Crippen molar-refractivity contribution in [3.63, 3.8) is 0 Å². The Morgan fingerprint density at radius 1 is 1.00 bits per heavy atom. The van der Waals surface area contributed by atoms with Crippen LogP contribution in [0.3, 0.4) is 0 Å². The van der Waals surface area contributed by atoms with Crippen LogP contribution in [-0.2, 0) is 0 Å². The van der Waals surface area contributed by atoms with Gasteiger partial charge in [0.05, 0.1) is 0 Å². The van der Waals surface area contributed by atoms with E-state index in [0.29, 0.717) is 6.04 Å². The molecule has 0 aliphatic heterocycles. The average Bonchev–Trinajstić information content (AvgIpc) is 2.16. The molecular formula is C12H28NP. The standard InChI is InChI=1S/C12H28NP/c1-5-7-9-14(10-8-6-2)11-13-12(3)4/h12-13H,5-11H2,1-4H3. The second-order valence-electron chi connectivity index (χ2n) is 4.34. The van der Waals surface area contributed by atoms with E-state index >= 15 is 0 Å². The van der Waals surface area contributed by atoms with E-state index in [-0.39, 0.29) is 7.92 Å². The molecule has 0 aromatic rings. The second kappa shape index (κ2) is 9.93. The smallest absolute Gasteiger partial charge is 0.0158 e. The largest absolute Gasteiger partial charge is 0.311 e. The lowest BCUT2D eigenvalue weighted by Crippen LogP contribution is -2.23. The van der Waals surface area contributed by atoms with E-state index in [1.54, 1.807) is 0 Å². The van der Waals surface area contributed by atoms with Gasteiger partial charge in [-0.1, -0.05) is 48.5 Å². The first kappa shape index (κ1) is 14.4. The van der Waals surface area contributed by atoms with Crippen LogP contribution in [0.15, 0.2) is 0 Å². The van der Waals surface area contributed by atoms with Crippen molar-refractivity contribution in [2.75, 3.05) is 18.6 Å². The molecule has 0 saturated carbocycles. The van der Waals surface area contributed by atoms with E-state index in [1.165, 1.54) is 44.3 Å². The molecule has 14 heavy (non-hydrogen) atoms. The van der Waals surface area contributed by atoms with Crippen LogP contribution in [0.25, 0.3) is 0 Å². The van der Waals surface area contributed by atoms with Crippen molar-refractivity contribution in [2.45, 2.75) is 59.4 Å². The van der Waals surface area contributed by atoms with E-state index in [2.05, 4.69) is 33.0 Å². The number of hydrogen-bond acceptors (Lipinski definition) is 1. The Hall–Kier alpha value is 0.390. The molecule has 1 N–H and O–H groups in total. The zero-order valence-electron chi connectivity index (χ0n) is 10.5. The van der Waals surface area contributed by atoms with E-state index in [0.717, 1.165) is 0 Å². The van der Waals surface area contributed by atoms with Crippen molar-refractivity contribution in [2.24, 2.45) is 0 Å². The molecule has 0 heterocycles. The van der Waals surface area contributed by atoms with Crippen LogP contribution < -0.4 is 5.32 Å². The zero-order chi connectivity index (χ0) is 10.8. The van der Waals surface area contributed by atoms with Crippen LogP contribution in [0.4, 0.5) is 0 Å². The number of unbranched alkanes of at least 4 members (excludes halogenated alkanes) is 2. The third kappa shape index (κ3) is 8.97. The molecule has 0 aromatic carbocycles. The molecule has 0 fully saturated rings. The summed E-state index contributed by atoms with van der Waals surface area (Å²) in [5.74, 6) is 0. The van der Waals surface area contributed by atoms with Crippen LogP contribution >= 0.6 is 7.92 Å². The lowest BCUT2D eigenvalue weighted by atomic mass is 10.4. The van der Waals surface area contributed by atoms with Crippen molar-refractivity contribution in [3.05, 3.63) is 0 Å². The monoisotopic (exact) mass is 217 g/mol. The minimum atomic E-state index is 0.284. The molecular weight excluding hydrogens is 189 g/mol. The Balaban J connectivity index is 3.60. The number of rotatable bonds is 9. The Labute approximate surface area is 91.8 Å². The summed E-state index contributed by atoms with van der Waals surface area (Å²) in [5.41, 5.74) is 0. The van der Waals surface area contributed by atoms with E-state index < -0.39 is 0 Å². The quantitative estimate of drug-likeness (QED) is 0.575. The van der Waals surface area contributed by atoms with Gasteiger partial charge in [0.15, 0.2) is 0 Å². The Morgan fingerprint density at radius 2 is 1.50 bits per heavy atom. The molecule has 0 saturated heterocycles. The first-order chi connectivity index (χ1) is 6.70. The Kier molecular flexibility index (Phi) is 10.2. The van der Waals surface area contributed by atoms with Gasteiger partial charge in [-0.15, -0.1) is 0 Å². The fraction of sp³-hybridized carbons (Fsp3) is 1.00. The number of hydrogen-bond donors (Lipinski definition) is 1. The summed E-state index contributed by atoms with van der Waals surface area (Å²) in [6.45, 7) is 9.08. The molecule has 0 radical (unpaired) electrons. The predicted molar refractivity (Wildman–Crippen MR) is 69.6 cm³/mol. The molecule has 0 aliphatic rings. The molecule has 0 aliphatic carbocycles. The van der Waals surface area contributed by atoms with Gasteiger partial charge in [-0.3, -0.25) is 0 Å². The lowest BCUT2D eigenvalue weighted by molar-refractivity contribution is 0.649. The van der Waals surface area contributed by atoms with Crippen LogP contribution in [0.5, 0.6) is 0 Å². The topological polar surface area (TPSA) is 12.0 Å². The lowest BCUT2D eigenvalue weighted by Gasteiger charge is -2.19. The summed E-state index contributed by atoms with van der Waals surface area (Å²) in [7, 11) is 0.284. The molecule has 2 heteroatoms. The minimum absolute atomic E-state index is 0.284. The molecule has 0 bridgehead atoms.